The molecule has 0 saturated carbocycles. The van der Waals surface area contributed by atoms with Gasteiger partial charge in [-0.3, -0.25) is 4.90 Å². The van der Waals surface area contributed by atoms with Crippen molar-refractivity contribution in [2.24, 2.45) is 5.41 Å². The van der Waals surface area contributed by atoms with Crippen LogP contribution in [0.5, 0.6) is 0 Å². The van der Waals surface area contributed by atoms with Gasteiger partial charge >= 0.3 is 0 Å². The normalized spacial score (nSPS) is 20.3. The van der Waals surface area contributed by atoms with Gasteiger partial charge in [-0.1, -0.05) is 78.1 Å². The third-order valence-corrected chi connectivity index (χ3v) is 5.88. The van der Waals surface area contributed by atoms with E-state index in [0.717, 1.165) is 6.04 Å². The molecule has 130 valence electrons. The first-order valence-electron chi connectivity index (χ1n) is 10.2. The summed E-state index contributed by atoms with van der Waals surface area (Å²) in [6, 6.07) is 0.898. The van der Waals surface area contributed by atoms with Crippen molar-refractivity contribution in [3.05, 3.63) is 0 Å². The van der Waals surface area contributed by atoms with Crippen molar-refractivity contribution in [2.75, 3.05) is 26.2 Å². The number of unbranched alkanes of at least 4 members (excludes halogenated alkanes) is 8. The summed E-state index contributed by atoms with van der Waals surface area (Å²) in [6.45, 7) is 9.95. The maximum Gasteiger partial charge on any atom is 0.0207 e. The Morgan fingerprint density at radius 3 is 1.68 bits per heavy atom. The SMILES string of the molecule is CCCCCCCC(CCCCCCC)N1CC2(CNC2)C1. The molecule has 0 unspecified atom stereocenters. The smallest absolute Gasteiger partial charge is 0.0207 e. The Morgan fingerprint density at radius 1 is 0.773 bits per heavy atom. The quantitative estimate of drug-likeness (QED) is 0.483. The van der Waals surface area contributed by atoms with E-state index in [-0.39, 0.29) is 0 Å². The van der Waals surface area contributed by atoms with Crippen LogP contribution < -0.4 is 5.32 Å². The fourth-order valence-corrected chi connectivity index (χ4v) is 4.25. The van der Waals surface area contributed by atoms with Crippen molar-refractivity contribution >= 4 is 0 Å². The summed E-state index contributed by atoms with van der Waals surface area (Å²) in [6.07, 6.45) is 17.2. The van der Waals surface area contributed by atoms with Gasteiger partial charge in [-0.25, -0.2) is 0 Å². The van der Waals surface area contributed by atoms with Crippen molar-refractivity contribution in [3.63, 3.8) is 0 Å². The molecule has 0 bridgehead atoms. The van der Waals surface area contributed by atoms with Crippen LogP contribution in [0.15, 0.2) is 0 Å². The number of likely N-dealkylation sites (tertiary alicyclic amines) is 1. The minimum Gasteiger partial charge on any atom is -0.315 e. The van der Waals surface area contributed by atoms with Crippen molar-refractivity contribution in [2.45, 2.75) is 96.9 Å². The van der Waals surface area contributed by atoms with E-state index in [2.05, 4.69) is 24.1 Å². The van der Waals surface area contributed by atoms with Gasteiger partial charge < -0.3 is 5.32 Å². The fraction of sp³-hybridized carbons (Fsp3) is 1.00. The van der Waals surface area contributed by atoms with E-state index in [0.29, 0.717) is 5.41 Å². The van der Waals surface area contributed by atoms with Gasteiger partial charge in [0.25, 0.3) is 0 Å². The fourth-order valence-electron chi connectivity index (χ4n) is 4.25. The van der Waals surface area contributed by atoms with E-state index in [9.17, 15) is 0 Å². The van der Waals surface area contributed by atoms with Crippen LogP contribution in [0, 0.1) is 5.41 Å². The van der Waals surface area contributed by atoms with Crippen LogP contribution >= 0.6 is 0 Å². The highest BCUT2D eigenvalue weighted by Gasteiger charge is 2.48. The standard InChI is InChI=1S/C20H40N2/c1-3-5-7-9-11-13-19(14-12-10-8-6-4-2)22-17-20(18-22)15-21-16-20/h19,21H,3-18H2,1-2H3. The topological polar surface area (TPSA) is 15.3 Å². The number of rotatable bonds is 13. The Hall–Kier alpha value is -0.0800. The molecule has 2 heteroatoms. The molecule has 22 heavy (non-hydrogen) atoms. The lowest BCUT2D eigenvalue weighted by Crippen LogP contribution is -2.72. The lowest BCUT2D eigenvalue weighted by molar-refractivity contribution is -0.0691. The lowest BCUT2D eigenvalue weighted by Gasteiger charge is -2.58. The largest absolute Gasteiger partial charge is 0.315 e. The average Bonchev–Trinajstić information content (AvgIpc) is 2.43. The van der Waals surface area contributed by atoms with E-state index < -0.39 is 0 Å². The van der Waals surface area contributed by atoms with Crippen LogP contribution in [0.3, 0.4) is 0 Å². The van der Waals surface area contributed by atoms with E-state index in [4.69, 9.17) is 0 Å². The Morgan fingerprint density at radius 2 is 1.27 bits per heavy atom. The predicted octanol–water partition coefficient (Wildman–Crippen LogP) is 4.98. The molecular formula is C20H40N2. The molecule has 1 N–H and O–H groups in total. The van der Waals surface area contributed by atoms with Crippen LogP contribution in [-0.4, -0.2) is 37.1 Å². The minimum absolute atomic E-state index is 0.697. The van der Waals surface area contributed by atoms with Crippen molar-refractivity contribution in [1.29, 1.82) is 0 Å². The molecule has 2 rings (SSSR count). The summed E-state index contributed by atoms with van der Waals surface area (Å²) in [7, 11) is 0. The second-order valence-corrected chi connectivity index (χ2v) is 8.07. The summed E-state index contributed by atoms with van der Waals surface area (Å²) in [4.78, 5) is 2.82. The monoisotopic (exact) mass is 308 g/mol. The van der Waals surface area contributed by atoms with Crippen LogP contribution in [-0.2, 0) is 0 Å². The number of hydrogen-bond donors (Lipinski definition) is 1. The van der Waals surface area contributed by atoms with Gasteiger partial charge in [0.05, 0.1) is 0 Å². The molecule has 2 aliphatic heterocycles. The summed E-state index contributed by atoms with van der Waals surface area (Å²) < 4.78 is 0. The van der Waals surface area contributed by atoms with Crippen LogP contribution in [0.25, 0.3) is 0 Å². The maximum absolute atomic E-state index is 3.47. The second kappa shape index (κ2) is 9.93. The molecule has 0 aliphatic carbocycles. The minimum atomic E-state index is 0.697. The Kier molecular flexibility index (Phi) is 8.24. The van der Waals surface area contributed by atoms with Gasteiger partial charge in [-0.15, -0.1) is 0 Å². The molecule has 0 aromatic heterocycles. The molecule has 0 aromatic carbocycles. The van der Waals surface area contributed by atoms with Gasteiger partial charge in [0.2, 0.25) is 0 Å². The van der Waals surface area contributed by atoms with Gasteiger partial charge in [0.1, 0.15) is 0 Å². The Balaban J connectivity index is 1.62. The van der Waals surface area contributed by atoms with Gasteiger partial charge in [0.15, 0.2) is 0 Å². The molecule has 0 aromatic rings. The van der Waals surface area contributed by atoms with E-state index in [1.807, 2.05) is 0 Å². The molecule has 0 atom stereocenters. The highest BCUT2D eigenvalue weighted by atomic mass is 15.3. The molecule has 1 spiro atoms. The van der Waals surface area contributed by atoms with E-state index in [1.165, 1.54) is 103 Å². The van der Waals surface area contributed by atoms with Crippen LogP contribution in [0.1, 0.15) is 90.9 Å². The average molecular weight is 309 g/mol. The van der Waals surface area contributed by atoms with Gasteiger partial charge in [0, 0.05) is 37.6 Å². The van der Waals surface area contributed by atoms with Crippen LogP contribution in [0.4, 0.5) is 0 Å². The van der Waals surface area contributed by atoms with Crippen molar-refractivity contribution in [1.82, 2.24) is 10.2 Å². The maximum atomic E-state index is 3.47. The molecule has 2 aliphatic rings. The van der Waals surface area contributed by atoms with Crippen molar-refractivity contribution in [3.8, 4) is 0 Å². The highest BCUT2D eigenvalue weighted by Crippen LogP contribution is 2.37. The zero-order valence-electron chi connectivity index (χ0n) is 15.3. The van der Waals surface area contributed by atoms with Crippen molar-refractivity contribution < 1.29 is 0 Å². The highest BCUT2D eigenvalue weighted by molar-refractivity contribution is 5.05. The van der Waals surface area contributed by atoms with Gasteiger partial charge in [-0.2, -0.15) is 0 Å². The third-order valence-electron chi connectivity index (χ3n) is 5.88. The van der Waals surface area contributed by atoms with Gasteiger partial charge in [-0.05, 0) is 12.8 Å². The molecule has 2 saturated heterocycles. The molecular weight excluding hydrogens is 268 g/mol. The number of nitrogens with one attached hydrogen (secondary N) is 1. The molecule has 2 nitrogen and oxygen atoms in total. The summed E-state index contributed by atoms with van der Waals surface area (Å²) in [5.41, 5.74) is 0.697. The van der Waals surface area contributed by atoms with E-state index in [1.54, 1.807) is 0 Å². The zero-order chi connectivity index (χ0) is 15.7. The Bertz CT molecular complexity index is 263. The first kappa shape index (κ1) is 18.3. The number of hydrogen-bond acceptors (Lipinski definition) is 2. The number of nitrogens with zero attached hydrogens (tertiary/aromatic N) is 1. The second-order valence-electron chi connectivity index (χ2n) is 8.07. The summed E-state index contributed by atoms with van der Waals surface area (Å²) in [5, 5.41) is 3.47. The Labute approximate surface area is 139 Å². The van der Waals surface area contributed by atoms with E-state index >= 15 is 0 Å². The first-order chi connectivity index (χ1) is 10.8. The lowest BCUT2D eigenvalue weighted by atomic mass is 9.73. The molecule has 2 heterocycles. The zero-order valence-corrected chi connectivity index (χ0v) is 15.3. The first-order valence-corrected chi connectivity index (χ1v) is 10.2. The molecule has 0 amide bonds. The summed E-state index contributed by atoms with van der Waals surface area (Å²) in [5.74, 6) is 0. The summed E-state index contributed by atoms with van der Waals surface area (Å²) >= 11 is 0. The van der Waals surface area contributed by atoms with Crippen LogP contribution in [0.2, 0.25) is 0 Å². The predicted molar refractivity (Wildman–Crippen MR) is 97.4 cm³/mol. The third kappa shape index (κ3) is 5.53. The molecule has 2 fully saturated rings. The molecule has 0 radical (unpaired) electrons.